The fourth-order valence-corrected chi connectivity index (χ4v) is 3.39. The van der Waals surface area contributed by atoms with Crippen LogP contribution >= 0.6 is 0 Å². The van der Waals surface area contributed by atoms with Crippen molar-refractivity contribution in [2.24, 2.45) is 0 Å². The van der Waals surface area contributed by atoms with Crippen LogP contribution in [0, 0.1) is 6.92 Å². The summed E-state index contributed by atoms with van der Waals surface area (Å²) in [5, 5.41) is 9.05. The highest BCUT2D eigenvalue weighted by molar-refractivity contribution is 5.76. The average molecular weight is 394 g/mol. The number of carbonyl (C=O) groups is 1. The third-order valence-electron chi connectivity index (χ3n) is 4.81. The molecule has 3 aromatic carbocycles. The maximum atomic E-state index is 13.8. The molecule has 0 fully saturated rings. The molecule has 3 rings (SSSR count). The van der Waals surface area contributed by atoms with Crippen LogP contribution in [-0.4, -0.2) is 18.2 Å². The van der Waals surface area contributed by atoms with Crippen molar-refractivity contribution in [1.29, 1.82) is 0 Å². The van der Waals surface area contributed by atoms with Gasteiger partial charge in [-0.3, -0.25) is 4.79 Å². The Morgan fingerprint density at radius 1 is 0.966 bits per heavy atom. The summed E-state index contributed by atoms with van der Waals surface area (Å²) in [6.45, 7) is 1.44. The quantitative estimate of drug-likeness (QED) is 0.500. The Kier molecular flexibility index (Phi) is 7.54. The van der Waals surface area contributed by atoms with Crippen LogP contribution in [0.3, 0.4) is 0 Å². The second kappa shape index (κ2) is 9.87. The van der Waals surface area contributed by atoms with Gasteiger partial charge < -0.3 is 9.84 Å². The fourth-order valence-electron chi connectivity index (χ4n) is 3.39. The molecule has 4 heteroatoms. The van der Waals surface area contributed by atoms with Crippen LogP contribution < -0.4 is 4.74 Å². The summed E-state index contributed by atoms with van der Waals surface area (Å²) in [4.78, 5) is 11.0. The molecule has 0 atom stereocenters. The molecule has 0 saturated heterocycles. The largest absolute Gasteiger partial charge is 0.497 e. The highest BCUT2D eigenvalue weighted by Gasteiger charge is 2.12. The summed E-state index contributed by atoms with van der Waals surface area (Å²) in [5.41, 5.74) is 6.23. The molecule has 0 aromatic heterocycles. The van der Waals surface area contributed by atoms with Gasteiger partial charge in [-0.2, -0.15) is 0 Å². The number of halogens is 1. The predicted molar refractivity (Wildman–Crippen MR) is 116 cm³/mol. The average Bonchev–Trinajstić information content (AvgIpc) is 2.71. The number of benzene rings is 3. The number of aryl methyl sites for hydroxylation is 2. The number of hydrogen-bond donors (Lipinski definition) is 1. The SMILES string of the molecule is C.COc1ccc(-c2ccc(-c3cccc(C)c3)c(CF)c2)c(CCC(=O)O)c1. The predicted octanol–water partition coefficient (Wildman–Crippen LogP) is 6.46. The van der Waals surface area contributed by atoms with Crippen molar-refractivity contribution in [3.05, 3.63) is 77.4 Å². The van der Waals surface area contributed by atoms with E-state index in [0.717, 1.165) is 33.4 Å². The molecule has 0 bridgehead atoms. The van der Waals surface area contributed by atoms with E-state index < -0.39 is 12.6 Å². The van der Waals surface area contributed by atoms with Gasteiger partial charge in [0.1, 0.15) is 12.4 Å². The molecule has 0 aliphatic carbocycles. The van der Waals surface area contributed by atoms with E-state index in [1.807, 2.05) is 67.6 Å². The molecular weight excluding hydrogens is 367 g/mol. The molecule has 0 spiro atoms. The first-order chi connectivity index (χ1) is 13.5. The van der Waals surface area contributed by atoms with Crippen LogP contribution in [0.5, 0.6) is 5.75 Å². The van der Waals surface area contributed by atoms with Crippen LogP contribution in [-0.2, 0) is 17.9 Å². The maximum absolute atomic E-state index is 13.8. The summed E-state index contributed by atoms with van der Waals surface area (Å²) in [5.74, 6) is -0.181. The van der Waals surface area contributed by atoms with Gasteiger partial charge in [0.25, 0.3) is 0 Å². The minimum atomic E-state index is -0.854. The zero-order chi connectivity index (χ0) is 20.1. The number of hydrogen-bond acceptors (Lipinski definition) is 2. The summed E-state index contributed by atoms with van der Waals surface area (Å²) in [7, 11) is 1.58. The smallest absolute Gasteiger partial charge is 0.303 e. The molecule has 3 aromatic rings. The van der Waals surface area contributed by atoms with Gasteiger partial charge in [-0.15, -0.1) is 0 Å². The van der Waals surface area contributed by atoms with Crippen LogP contribution in [0.25, 0.3) is 22.3 Å². The number of aliphatic carboxylic acids is 1. The monoisotopic (exact) mass is 394 g/mol. The summed E-state index contributed by atoms with van der Waals surface area (Å²) >= 11 is 0. The Labute approximate surface area is 171 Å². The van der Waals surface area contributed by atoms with E-state index in [9.17, 15) is 9.18 Å². The lowest BCUT2D eigenvalue weighted by Gasteiger charge is -2.14. The lowest BCUT2D eigenvalue weighted by molar-refractivity contribution is -0.136. The van der Waals surface area contributed by atoms with Crippen molar-refractivity contribution >= 4 is 5.97 Å². The Bertz CT molecular complexity index is 995. The van der Waals surface area contributed by atoms with Gasteiger partial charge in [0, 0.05) is 6.42 Å². The Morgan fingerprint density at radius 3 is 2.31 bits per heavy atom. The first-order valence-electron chi connectivity index (χ1n) is 9.17. The van der Waals surface area contributed by atoms with Crippen molar-refractivity contribution < 1.29 is 19.0 Å². The van der Waals surface area contributed by atoms with Crippen molar-refractivity contribution in [3.63, 3.8) is 0 Å². The molecule has 0 aliphatic heterocycles. The van der Waals surface area contributed by atoms with E-state index in [1.165, 1.54) is 0 Å². The van der Waals surface area contributed by atoms with E-state index >= 15 is 0 Å². The second-order valence-corrected chi connectivity index (χ2v) is 6.79. The molecule has 0 unspecified atom stereocenters. The molecule has 3 nitrogen and oxygen atoms in total. The van der Waals surface area contributed by atoms with Crippen LogP contribution in [0.15, 0.2) is 60.7 Å². The molecule has 0 aliphatic rings. The van der Waals surface area contributed by atoms with Crippen molar-refractivity contribution in [1.82, 2.24) is 0 Å². The second-order valence-electron chi connectivity index (χ2n) is 6.79. The van der Waals surface area contributed by atoms with Crippen molar-refractivity contribution in [2.45, 2.75) is 33.9 Å². The number of ether oxygens (including phenoxy) is 1. The Morgan fingerprint density at radius 2 is 1.66 bits per heavy atom. The minimum Gasteiger partial charge on any atom is -0.497 e. The zero-order valence-electron chi connectivity index (χ0n) is 16.0. The summed E-state index contributed by atoms with van der Waals surface area (Å²) in [6.07, 6.45) is 0.407. The molecule has 29 heavy (non-hydrogen) atoms. The Balaban J connectivity index is 0.00000300. The van der Waals surface area contributed by atoms with Gasteiger partial charge >= 0.3 is 5.97 Å². The van der Waals surface area contributed by atoms with E-state index in [-0.39, 0.29) is 13.8 Å². The van der Waals surface area contributed by atoms with E-state index in [0.29, 0.717) is 17.7 Å². The normalized spacial score (nSPS) is 10.3. The van der Waals surface area contributed by atoms with Crippen LogP contribution in [0.1, 0.15) is 30.5 Å². The van der Waals surface area contributed by atoms with E-state index in [2.05, 4.69) is 0 Å². The highest BCUT2D eigenvalue weighted by atomic mass is 19.1. The van der Waals surface area contributed by atoms with Gasteiger partial charge in [0.05, 0.1) is 7.11 Å². The maximum Gasteiger partial charge on any atom is 0.303 e. The summed E-state index contributed by atoms with van der Waals surface area (Å²) < 4.78 is 19.1. The number of methoxy groups -OCH3 is 1. The standard InChI is InChI=1S/C24H23FO3.CH4/c1-16-4-3-5-17(12-16)23-9-6-18(13-20(23)15-25)22-10-8-21(28-2)14-19(22)7-11-24(26)27;/h3-6,8-10,12-14H,7,11,15H2,1-2H3,(H,26,27);1H4. The van der Waals surface area contributed by atoms with Crippen LogP contribution in [0.2, 0.25) is 0 Å². The lowest BCUT2D eigenvalue weighted by Crippen LogP contribution is -2.00. The first kappa shape index (κ1) is 22.2. The van der Waals surface area contributed by atoms with Gasteiger partial charge in [-0.25, -0.2) is 4.39 Å². The van der Waals surface area contributed by atoms with E-state index in [1.54, 1.807) is 7.11 Å². The topological polar surface area (TPSA) is 46.5 Å². The van der Waals surface area contributed by atoms with Crippen molar-refractivity contribution in [3.8, 4) is 28.0 Å². The molecule has 0 saturated carbocycles. The van der Waals surface area contributed by atoms with Gasteiger partial charge in [-0.1, -0.05) is 55.5 Å². The highest BCUT2D eigenvalue weighted by Crippen LogP contribution is 2.33. The fraction of sp³-hybridized carbons (Fsp3) is 0.240. The third-order valence-corrected chi connectivity index (χ3v) is 4.81. The molecule has 0 heterocycles. The number of carboxylic acid groups (broad SMARTS) is 1. The van der Waals surface area contributed by atoms with Crippen LogP contribution in [0.4, 0.5) is 4.39 Å². The zero-order valence-corrected chi connectivity index (χ0v) is 16.0. The van der Waals surface area contributed by atoms with E-state index in [4.69, 9.17) is 9.84 Å². The molecule has 0 radical (unpaired) electrons. The van der Waals surface area contributed by atoms with Gasteiger partial charge in [0.2, 0.25) is 0 Å². The molecule has 1 N–H and O–H groups in total. The molecular formula is C25H27FO3. The molecule has 152 valence electrons. The number of alkyl halides is 1. The summed E-state index contributed by atoms with van der Waals surface area (Å²) in [6, 6.07) is 19.3. The number of rotatable bonds is 7. The third kappa shape index (κ3) is 5.23. The van der Waals surface area contributed by atoms with Gasteiger partial charge in [-0.05, 0) is 64.9 Å². The minimum absolute atomic E-state index is 0. The Hall–Kier alpha value is -3.14. The first-order valence-corrected chi connectivity index (χ1v) is 9.17. The van der Waals surface area contributed by atoms with Gasteiger partial charge in [0.15, 0.2) is 0 Å². The lowest BCUT2D eigenvalue weighted by atomic mass is 9.91. The van der Waals surface area contributed by atoms with Crippen molar-refractivity contribution in [2.75, 3.05) is 7.11 Å². The molecule has 0 amide bonds. The number of carboxylic acids is 1.